The van der Waals surface area contributed by atoms with Crippen molar-refractivity contribution >= 4 is 34.6 Å². The monoisotopic (exact) mass is 507 g/mol. The fourth-order valence-corrected chi connectivity index (χ4v) is 4.94. The minimum absolute atomic E-state index is 0.0444. The third kappa shape index (κ3) is 3.74. The zero-order chi connectivity index (χ0) is 27.1. The number of carbonyl (C=O) groups excluding carboxylic acids is 2. The lowest BCUT2D eigenvalue weighted by Crippen LogP contribution is -2.34. The van der Waals surface area contributed by atoms with E-state index >= 15 is 0 Å². The van der Waals surface area contributed by atoms with Crippen molar-refractivity contribution in [2.75, 3.05) is 18.4 Å². The van der Waals surface area contributed by atoms with Crippen LogP contribution in [0.1, 0.15) is 46.0 Å². The van der Waals surface area contributed by atoms with Crippen molar-refractivity contribution in [1.82, 2.24) is 20.0 Å². The van der Waals surface area contributed by atoms with Crippen LogP contribution in [0.3, 0.4) is 0 Å². The average Bonchev–Trinajstić information content (AvgIpc) is 3.39. The summed E-state index contributed by atoms with van der Waals surface area (Å²) in [5, 5.41) is 40.1. The number of nitrogens with one attached hydrogen (secondary N) is 2. The van der Waals surface area contributed by atoms with Crippen LogP contribution in [0, 0.1) is 22.7 Å². The van der Waals surface area contributed by atoms with E-state index in [1.54, 1.807) is 56.3 Å². The second-order valence-electron chi connectivity index (χ2n) is 8.91. The molecule has 2 amide bonds. The Labute approximate surface area is 216 Å². The van der Waals surface area contributed by atoms with Gasteiger partial charge in [0.2, 0.25) is 0 Å². The topological polar surface area (TPSA) is 164 Å². The van der Waals surface area contributed by atoms with Crippen molar-refractivity contribution in [2.45, 2.75) is 19.8 Å². The number of amides is 2. The molecule has 0 aliphatic carbocycles. The molecule has 3 aromatic rings. The normalized spacial score (nSPS) is 15.4. The Morgan fingerprint density at radius 1 is 1.05 bits per heavy atom. The van der Waals surface area contributed by atoms with Crippen LogP contribution in [0.25, 0.3) is 10.9 Å². The fourth-order valence-electron chi connectivity index (χ4n) is 4.94. The highest BCUT2D eigenvalue weighted by Crippen LogP contribution is 2.39. The summed E-state index contributed by atoms with van der Waals surface area (Å²) in [4.78, 5) is 38.3. The molecule has 11 nitrogen and oxygen atoms in total. The van der Waals surface area contributed by atoms with Crippen LogP contribution in [0.5, 0.6) is 0 Å². The molecule has 0 atom stereocenters. The number of nitriles is 2. The molecule has 3 N–H and O–H groups in total. The zero-order valence-electron chi connectivity index (χ0n) is 20.4. The van der Waals surface area contributed by atoms with Gasteiger partial charge in [-0.25, -0.2) is 4.79 Å². The van der Waals surface area contributed by atoms with Crippen LogP contribution in [0.4, 0.5) is 10.6 Å². The first kappa shape index (κ1) is 24.3. The molecule has 2 aliphatic heterocycles. The largest absolute Gasteiger partial charge is 0.463 e. The van der Waals surface area contributed by atoms with Gasteiger partial charge < -0.3 is 15.7 Å². The van der Waals surface area contributed by atoms with Crippen molar-refractivity contribution in [3.05, 3.63) is 81.7 Å². The summed E-state index contributed by atoms with van der Waals surface area (Å²) >= 11 is 0. The Balaban J connectivity index is 1.48. The second-order valence-corrected chi connectivity index (χ2v) is 8.91. The van der Waals surface area contributed by atoms with E-state index in [0.29, 0.717) is 50.1 Å². The summed E-state index contributed by atoms with van der Waals surface area (Å²) in [6.45, 7) is 3.69. The van der Waals surface area contributed by atoms with Gasteiger partial charge >= 0.3 is 6.09 Å². The Bertz CT molecular complexity index is 1630. The minimum atomic E-state index is -1.29. The van der Waals surface area contributed by atoms with Gasteiger partial charge in [0.05, 0.1) is 45.8 Å². The molecule has 0 saturated heterocycles. The second kappa shape index (κ2) is 9.22. The quantitative estimate of drug-likeness (QED) is 0.438. The summed E-state index contributed by atoms with van der Waals surface area (Å²) in [7, 11) is 0. The Hall–Kier alpha value is -5.42. The number of aromatic nitrogens is 2. The molecule has 2 aliphatic rings. The van der Waals surface area contributed by atoms with Crippen molar-refractivity contribution in [3.8, 4) is 12.1 Å². The number of nitrogens with zero attached hydrogens (tertiary/aromatic N) is 5. The SMILES string of the molecule is CC1=C(C#N)C(c2ccc3c(c2)c(NCCN2C(=O)c4ccccc4C2=O)nn3C(=O)O)C(C#N)=C(C)N1. The van der Waals surface area contributed by atoms with Gasteiger partial charge in [-0.2, -0.15) is 15.2 Å². The molecular weight excluding hydrogens is 486 g/mol. The number of benzene rings is 2. The molecule has 0 radical (unpaired) electrons. The Kier molecular flexibility index (Phi) is 5.89. The van der Waals surface area contributed by atoms with E-state index in [2.05, 4.69) is 27.9 Å². The van der Waals surface area contributed by atoms with Crippen molar-refractivity contribution < 1.29 is 19.5 Å². The van der Waals surface area contributed by atoms with Gasteiger partial charge in [0.1, 0.15) is 0 Å². The first-order chi connectivity index (χ1) is 18.3. The first-order valence-electron chi connectivity index (χ1n) is 11.7. The average molecular weight is 508 g/mol. The summed E-state index contributed by atoms with van der Waals surface area (Å²) in [6.07, 6.45) is -1.29. The predicted octanol–water partition coefficient (Wildman–Crippen LogP) is 3.55. The molecule has 3 heterocycles. The predicted molar refractivity (Wildman–Crippen MR) is 136 cm³/mol. The van der Waals surface area contributed by atoms with Gasteiger partial charge in [-0.1, -0.05) is 18.2 Å². The smallest absolute Gasteiger partial charge is 0.432 e. The van der Waals surface area contributed by atoms with Gasteiger partial charge in [-0.15, -0.1) is 5.10 Å². The molecule has 188 valence electrons. The standard InChI is InChI=1S/C27H21N7O4/c1-14-20(12-28)23(21(13-29)15(2)31-14)16-7-8-22-19(11-16)24(32-34(22)27(37)38)30-9-10-33-25(35)17-5-3-4-6-18(17)26(33)36/h3-8,11,23,31H,9-10H2,1-2H3,(H,30,32)(H,37,38). The van der Waals surface area contributed by atoms with Crippen molar-refractivity contribution in [3.63, 3.8) is 0 Å². The van der Waals surface area contributed by atoms with E-state index < -0.39 is 12.0 Å². The van der Waals surface area contributed by atoms with Crippen LogP contribution < -0.4 is 10.6 Å². The van der Waals surface area contributed by atoms with Crippen LogP contribution in [0.15, 0.2) is 65.0 Å². The zero-order valence-corrected chi connectivity index (χ0v) is 20.4. The lowest BCUT2D eigenvalue weighted by molar-refractivity contribution is 0.0660. The maximum Gasteiger partial charge on any atom is 0.432 e. The van der Waals surface area contributed by atoms with Gasteiger partial charge in [0, 0.05) is 29.9 Å². The fraction of sp³-hybridized carbons (Fsp3) is 0.185. The third-order valence-electron chi connectivity index (χ3n) is 6.73. The molecule has 5 rings (SSSR count). The molecular formula is C27H21N7O4. The summed E-state index contributed by atoms with van der Waals surface area (Å²) in [5.74, 6) is -1.18. The molecule has 2 aromatic carbocycles. The Morgan fingerprint density at radius 3 is 2.21 bits per heavy atom. The molecule has 11 heteroatoms. The number of carbonyl (C=O) groups is 3. The number of imide groups is 1. The summed E-state index contributed by atoms with van der Waals surface area (Å²) in [6, 6.07) is 15.9. The van der Waals surface area contributed by atoms with E-state index in [9.17, 15) is 30.0 Å². The number of dihydropyridines is 1. The van der Waals surface area contributed by atoms with Crippen LogP contribution >= 0.6 is 0 Å². The van der Waals surface area contributed by atoms with Crippen LogP contribution in [-0.2, 0) is 0 Å². The molecule has 0 saturated carbocycles. The molecule has 38 heavy (non-hydrogen) atoms. The number of rotatable bonds is 5. The maximum atomic E-state index is 12.7. The van der Waals surface area contributed by atoms with Crippen molar-refractivity contribution in [2.24, 2.45) is 0 Å². The highest BCUT2D eigenvalue weighted by Gasteiger charge is 2.35. The van der Waals surface area contributed by atoms with Gasteiger partial charge in [0.25, 0.3) is 11.8 Å². The minimum Gasteiger partial charge on any atom is -0.463 e. The lowest BCUT2D eigenvalue weighted by Gasteiger charge is -2.26. The number of hydrogen-bond acceptors (Lipinski definition) is 8. The number of hydrogen-bond donors (Lipinski definition) is 3. The highest BCUT2D eigenvalue weighted by molar-refractivity contribution is 6.21. The number of allylic oxidation sites excluding steroid dienone is 4. The molecule has 0 bridgehead atoms. The van der Waals surface area contributed by atoms with E-state index in [-0.39, 0.29) is 30.7 Å². The van der Waals surface area contributed by atoms with Gasteiger partial charge in [0.15, 0.2) is 5.82 Å². The van der Waals surface area contributed by atoms with E-state index in [1.807, 2.05) is 0 Å². The van der Waals surface area contributed by atoms with Crippen LogP contribution in [0.2, 0.25) is 0 Å². The van der Waals surface area contributed by atoms with E-state index in [1.165, 1.54) is 0 Å². The lowest BCUT2D eigenvalue weighted by atomic mass is 9.81. The highest BCUT2D eigenvalue weighted by atomic mass is 16.4. The van der Waals surface area contributed by atoms with E-state index in [0.717, 1.165) is 9.58 Å². The number of carboxylic acid groups (broad SMARTS) is 1. The van der Waals surface area contributed by atoms with E-state index in [4.69, 9.17) is 0 Å². The first-order valence-corrected chi connectivity index (χ1v) is 11.7. The van der Waals surface area contributed by atoms with Gasteiger partial charge in [-0.3, -0.25) is 14.5 Å². The summed E-state index contributed by atoms with van der Waals surface area (Å²) < 4.78 is 0.824. The summed E-state index contributed by atoms with van der Waals surface area (Å²) in [5.41, 5.74) is 3.66. The number of anilines is 1. The molecule has 0 spiro atoms. The number of fused-ring (bicyclic) bond motifs is 2. The van der Waals surface area contributed by atoms with Gasteiger partial charge in [-0.05, 0) is 43.7 Å². The Morgan fingerprint density at radius 2 is 1.66 bits per heavy atom. The molecule has 1 aromatic heterocycles. The molecule has 0 fully saturated rings. The van der Waals surface area contributed by atoms with Crippen LogP contribution in [-0.4, -0.2) is 50.8 Å². The molecule has 0 unspecified atom stereocenters. The van der Waals surface area contributed by atoms with Crippen molar-refractivity contribution in [1.29, 1.82) is 10.5 Å². The third-order valence-corrected chi connectivity index (χ3v) is 6.73. The maximum absolute atomic E-state index is 12.7.